The van der Waals surface area contributed by atoms with Crippen LogP contribution in [0.25, 0.3) is 16.7 Å². The summed E-state index contributed by atoms with van der Waals surface area (Å²) in [5, 5.41) is 14.4. The quantitative estimate of drug-likeness (QED) is 0.749. The van der Waals surface area contributed by atoms with E-state index in [1.165, 1.54) is 0 Å². The number of hydrogen-bond donors (Lipinski definition) is 1. The summed E-state index contributed by atoms with van der Waals surface area (Å²) in [7, 11) is 0. The molecule has 2 heterocycles. The molecule has 3 rings (SSSR count). The van der Waals surface area contributed by atoms with Crippen LogP contribution < -0.4 is 4.90 Å². The first kappa shape index (κ1) is 15.9. The molecule has 3 aromatic rings. The Labute approximate surface area is 139 Å². The molecule has 1 N–H and O–H groups in total. The second kappa shape index (κ2) is 6.66. The van der Waals surface area contributed by atoms with Gasteiger partial charge >= 0.3 is 5.97 Å². The predicted octanol–water partition coefficient (Wildman–Crippen LogP) is 2.42. The third-order valence-corrected chi connectivity index (χ3v) is 3.64. The Hall–Kier alpha value is -2.96. The molecule has 0 saturated heterocycles. The molecular formula is C17H19N5O2. The highest BCUT2D eigenvalue weighted by atomic mass is 16.4. The molecule has 0 aliphatic carbocycles. The zero-order valence-corrected chi connectivity index (χ0v) is 13.7. The van der Waals surface area contributed by atoms with E-state index in [0.29, 0.717) is 23.8 Å². The van der Waals surface area contributed by atoms with Gasteiger partial charge in [-0.05, 0) is 25.5 Å². The van der Waals surface area contributed by atoms with Crippen molar-refractivity contribution >= 4 is 22.8 Å². The maximum Gasteiger partial charge on any atom is 0.323 e. The summed E-state index contributed by atoms with van der Waals surface area (Å²) in [6.45, 7) is 4.31. The number of aliphatic carboxylic acids is 1. The largest absolute Gasteiger partial charge is 0.480 e. The van der Waals surface area contributed by atoms with E-state index in [9.17, 15) is 9.90 Å². The topological polar surface area (TPSA) is 84.1 Å². The maximum absolute atomic E-state index is 11.2. The molecule has 0 spiro atoms. The molecule has 0 amide bonds. The van der Waals surface area contributed by atoms with Crippen LogP contribution in [0.3, 0.4) is 0 Å². The monoisotopic (exact) mass is 325 g/mol. The average molecular weight is 325 g/mol. The second-order valence-electron chi connectivity index (χ2n) is 5.54. The summed E-state index contributed by atoms with van der Waals surface area (Å²) in [5.74, 6) is 0.314. The summed E-state index contributed by atoms with van der Waals surface area (Å²) in [6, 6.07) is 9.71. The highest BCUT2D eigenvalue weighted by molar-refractivity contribution is 5.89. The van der Waals surface area contributed by atoms with Gasteiger partial charge in [-0.3, -0.25) is 4.79 Å². The van der Waals surface area contributed by atoms with Crippen LogP contribution in [0.2, 0.25) is 0 Å². The number of carbonyl (C=O) groups is 1. The third-order valence-electron chi connectivity index (χ3n) is 3.64. The van der Waals surface area contributed by atoms with Gasteiger partial charge in [-0.15, -0.1) is 0 Å². The van der Waals surface area contributed by atoms with Gasteiger partial charge in [0.1, 0.15) is 18.2 Å². The first-order chi connectivity index (χ1) is 11.6. The number of benzene rings is 1. The van der Waals surface area contributed by atoms with E-state index in [1.807, 2.05) is 37.3 Å². The summed E-state index contributed by atoms with van der Waals surface area (Å²) in [4.78, 5) is 21.9. The number of anilines is 1. The Kier molecular flexibility index (Phi) is 4.41. The molecule has 0 bridgehead atoms. The minimum Gasteiger partial charge on any atom is -0.480 e. The molecule has 0 fully saturated rings. The lowest BCUT2D eigenvalue weighted by molar-refractivity contribution is -0.135. The number of fused-ring (bicyclic) bond motifs is 1. The number of hydrogen-bond acceptors (Lipinski definition) is 5. The summed E-state index contributed by atoms with van der Waals surface area (Å²) in [6.07, 6.45) is 2.52. The van der Waals surface area contributed by atoms with Crippen LogP contribution in [0.4, 0.5) is 5.82 Å². The van der Waals surface area contributed by atoms with Gasteiger partial charge < -0.3 is 10.0 Å². The lowest BCUT2D eigenvalue weighted by atomic mass is 10.3. The Morgan fingerprint density at radius 1 is 1.25 bits per heavy atom. The lowest BCUT2D eigenvalue weighted by Gasteiger charge is -2.21. The number of rotatable bonds is 6. The van der Waals surface area contributed by atoms with E-state index in [4.69, 9.17) is 0 Å². The van der Waals surface area contributed by atoms with Crippen LogP contribution >= 0.6 is 0 Å². The van der Waals surface area contributed by atoms with Crippen LogP contribution in [0, 0.1) is 6.92 Å². The summed E-state index contributed by atoms with van der Waals surface area (Å²) >= 11 is 0. The average Bonchev–Trinajstić information content (AvgIpc) is 2.98. The number of aryl methyl sites for hydroxylation is 1. The van der Waals surface area contributed by atoms with Crippen LogP contribution in [0.5, 0.6) is 0 Å². The van der Waals surface area contributed by atoms with Crippen LogP contribution in [-0.4, -0.2) is 43.9 Å². The molecule has 124 valence electrons. The number of carboxylic acids is 1. The maximum atomic E-state index is 11.2. The highest BCUT2D eigenvalue weighted by Gasteiger charge is 2.19. The Balaban J connectivity index is 2.16. The fourth-order valence-corrected chi connectivity index (χ4v) is 2.69. The fraction of sp³-hybridized carbons (Fsp3) is 0.294. The van der Waals surface area contributed by atoms with Crippen molar-refractivity contribution < 1.29 is 9.90 Å². The van der Waals surface area contributed by atoms with E-state index in [1.54, 1.807) is 22.7 Å². The molecule has 0 saturated carbocycles. The van der Waals surface area contributed by atoms with E-state index in [-0.39, 0.29) is 6.54 Å². The van der Waals surface area contributed by atoms with Gasteiger partial charge in [-0.25, -0.2) is 14.6 Å². The van der Waals surface area contributed by atoms with Crippen molar-refractivity contribution in [3.63, 3.8) is 0 Å². The molecule has 7 nitrogen and oxygen atoms in total. The van der Waals surface area contributed by atoms with E-state index in [2.05, 4.69) is 15.1 Å². The molecule has 0 unspecified atom stereocenters. The minimum absolute atomic E-state index is 0.101. The number of nitrogens with zero attached hydrogens (tertiary/aromatic N) is 5. The van der Waals surface area contributed by atoms with Crippen LogP contribution in [-0.2, 0) is 4.79 Å². The van der Waals surface area contributed by atoms with Crippen molar-refractivity contribution in [2.45, 2.75) is 20.3 Å². The number of carboxylic acid groups (broad SMARTS) is 1. The smallest absolute Gasteiger partial charge is 0.323 e. The van der Waals surface area contributed by atoms with Gasteiger partial charge in [-0.1, -0.05) is 25.1 Å². The van der Waals surface area contributed by atoms with Gasteiger partial charge in [0.15, 0.2) is 5.65 Å². The van der Waals surface area contributed by atoms with E-state index < -0.39 is 5.97 Å². The minimum atomic E-state index is -0.886. The Bertz CT molecular complexity index is 860. The fourth-order valence-electron chi connectivity index (χ4n) is 2.69. The molecule has 2 aromatic heterocycles. The molecule has 7 heteroatoms. The first-order valence-corrected chi connectivity index (χ1v) is 7.84. The number of para-hydroxylation sites is 1. The lowest BCUT2D eigenvalue weighted by Crippen LogP contribution is -2.31. The second-order valence-corrected chi connectivity index (χ2v) is 5.54. The van der Waals surface area contributed by atoms with Crippen molar-refractivity contribution in [1.82, 2.24) is 19.7 Å². The van der Waals surface area contributed by atoms with Crippen molar-refractivity contribution in [2.24, 2.45) is 0 Å². The summed E-state index contributed by atoms with van der Waals surface area (Å²) < 4.78 is 1.75. The van der Waals surface area contributed by atoms with Gasteiger partial charge in [0, 0.05) is 6.54 Å². The van der Waals surface area contributed by atoms with Gasteiger partial charge in [0.05, 0.1) is 17.3 Å². The van der Waals surface area contributed by atoms with E-state index >= 15 is 0 Å². The zero-order chi connectivity index (χ0) is 17.1. The predicted molar refractivity (Wildman–Crippen MR) is 91.5 cm³/mol. The normalized spacial score (nSPS) is 10.9. The third kappa shape index (κ3) is 3.05. The first-order valence-electron chi connectivity index (χ1n) is 7.84. The zero-order valence-electron chi connectivity index (χ0n) is 13.7. The summed E-state index contributed by atoms with van der Waals surface area (Å²) in [5.41, 5.74) is 1.58. The molecule has 1 aromatic carbocycles. The van der Waals surface area contributed by atoms with Crippen molar-refractivity contribution in [2.75, 3.05) is 18.0 Å². The molecule has 0 atom stereocenters. The standard InChI is InChI=1S/C17H19N5O2/c1-3-9-21(11-15(23)24)16-14-10-18-22(13-7-5-4-6-8-13)17(14)20-12(2)19-16/h4-8,10H,3,9,11H2,1-2H3,(H,23,24). The highest BCUT2D eigenvalue weighted by Crippen LogP contribution is 2.25. The van der Waals surface area contributed by atoms with Gasteiger partial charge in [0.25, 0.3) is 0 Å². The Morgan fingerprint density at radius 3 is 2.67 bits per heavy atom. The van der Waals surface area contributed by atoms with Crippen molar-refractivity contribution in [3.05, 3.63) is 42.4 Å². The SMILES string of the molecule is CCCN(CC(=O)O)c1nc(C)nc2c1cnn2-c1ccccc1. The van der Waals surface area contributed by atoms with Crippen molar-refractivity contribution in [1.29, 1.82) is 0 Å². The molecule has 0 aliphatic heterocycles. The number of aromatic nitrogens is 4. The van der Waals surface area contributed by atoms with Gasteiger partial charge in [-0.2, -0.15) is 5.10 Å². The van der Waals surface area contributed by atoms with Crippen LogP contribution in [0.15, 0.2) is 36.5 Å². The van der Waals surface area contributed by atoms with Crippen LogP contribution in [0.1, 0.15) is 19.2 Å². The molecule has 24 heavy (non-hydrogen) atoms. The molecule has 0 radical (unpaired) electrons. The Morgan fingerprint density at radius 2 is 2.00 bits per heavy atom. The van der Waals surface area contributed by atoms with E-state index in [0.717, 1.165) is 17.5 Å². The molecule has 0 aliphatic rings. The van der Waals surface area contributed by atoms with Crippen molar-refractivity contribution in [3.8, 4) is 5.69 Å². The molecular weight excluding hydrogens is 306 g/mol. The van der Waals surface area contributed by atoms with Gasteiger partial charge in [0.2, 0.25) is 0 Å².